The van der Waals surface area contributed by atoms with Gasteiger partial charge in [-0.2, -0.15) is 8.42 Å². The molecule has 0 aromatic heterocycles. The first-order chi connectivity index (χ1) is 7.62. The van der Waals surface area contributed by atoms with Crippen LogP contribution in [0.25, 0.3) is 0 Å². The summed E-state index contributed by atoms with van der Waals surface area (Å²) < 4.78 is 38.7. The molecule has 0 aromatic carbocycles. The van der Waals surface area contributed by atoms with E-state index in [1.165, 1.54) is 0 Å². The number of rotatable bonds is 8. The van der Waals surface area contributed by atoms with Gasteiger partial charge >= 0.3 is 22.7 Å². The largest absolute Gasteiger partial charge is 0.304 e. The Morgan fingerprint density at radius 1 is 0.625 bits per heavy atom. The molecule has 0 saturated carbocycles. The van der Waals surface area contributed by atoms with Gasteiger partial charge < -0.3 is 0 Å². The molecule has 0 aliphatic carbocycles. The topological polar surface area (TPSA) is 71.1 Å². The highest BCUT2D eigenvalue weighted by molar-refractivity contribution is 7.75. The Bertz CT molecular complexity index is 151. The summed E-state index contributed by atoms with van der Waals surface area (Å²) in [5.41, 5.74) is 0. The van der Waals surface area contributed by atoms with Gasteiger partial charge in [-0.25, -0.2) is 0 Å². The first-order valence-corrected chi connectivity index (χ1v) is 6.98. The normalized spacial score (nSPS) is 10.4. The van der Waals surface area contributed by atoms with E-state index in [2.05, 4.69) is 16.7 Å². The van der Waals surface area contributed by atoms with Gasteiger partial charge in [-0.3, -0.25) is 16.7 Å². The van der Waals surface area contributed by atoms with Crippen molar-refractivity contribution in [2.75, 3.05) is 26.4 Å². The molecule has 0 radical (unpaired) electrons. The molecule has 6 nitrogen and oxygen atoms in total. The van der Waals surface area contributed by atoms with Crippen molar-refractivity contribution in [3.05, 3.63) is 0 Å². The van der Waals surface area contributed by atoms with Crippen LogP contribution < -0.4 is 0 Å². The second kappa shape index (κ2) is 15.1. The lowest BCUT2D eigenvalue weighted by Gasteiger charge is -1.95. The van der Waals surface area contributed by atoms with Crippen LogP contribution in [0.3, 0.4) is 0 Å². The average molecular weight is 276 g/mol. The van der Waals surface area contributed by atoms with Gasteiger partial charge in [0.15, 0.2) is 0 Å². The lowest BCUT2D eigenvalue weighted by atomic mass is 10.9. The van der Waals surface area contributed by atoms with Crippen LogP contribution in [0.15, 0.2) is 0 Å². The van der Waals surface area contributed by atoms with Crippen molar-refractivity contribution >= 4 is 22.7 Å². The van der Waals surface area contributed by atoms with Crippen LogP contribution in [0.1, 0.15) is 27.7 Å². The van der Waals surface area contributed by atoms with Crippen LogP contribution >= 0.6 is 0 Å². The van der Waals surface area contributed by atoms with Gasteiger partial charge in [0.1, 0.15) is 0 Å². The number of hydrogen-bond acceptors (Lipinski definition) is 6. The molecule has 0 aliphatic heterocycles. The zero-order valence-electron chi connectivity index (χ0n) is 10.1. The summed E-state index contributed by atoms with van der Waals surface area (Å²) >= 11 is -3.04. The summed E-state index contributed by atoms with van der Waals surface area (Å²) in [7, 11) is 0. The zero-order chi connectivity index (χ0) is 12.8. The summed E-state index contributed by atoms with van der Waals surface area (Å²) in [4.78, 5) is 0. The first-order valence-electron chi connectivity index (χ1n) is 4.98. The second-order valence-corrected chi connectivity index (χ2v) is 3.79. The van der Waals surface area contributed by atoms with Crippen LogP contribution in [0.2, 0.25) is 0 Å². The first kappa shape index (κ1) is 18.5. The molecule has 0 fully saturated rings. The molecule has 0 saturated heterocycles. The molecule has 16 heavy (non-hydrogen) atoms. The molecule has 0 atom stereocenters. The van der Waals surface area contributed by atoms with Crippen LogP contribution in [0.4, 0.5) is 0 Å². The molecule has 0 rings (SSSR count). The van der Waals surface area contributed by atoms with E-state index in [1.807, 2.05) is 0 Å². The standard InChI is InChI=1S/2C4H10O3S/c2*1-3-6-8(5)7-4-2/h2*3-4H2,1-2H3. The highest BCUT2D eigenvalue weighted by Crippen LogP contribution is 1.86. The van der Waals surface area contributed by atoms with Crippen molar-refractivity contribution < 1.29 is 25.2 Å². The maximum atomic E-state index is 10.3. The average Bonchev–Trinajstić information content (AvgIpc) is 2.20. The quantitative estimate of drug-likeness (QED) is 0.665. The highest BCUT2D eigenvalue weighted by Gasteiger charge is 1.93. The SMILES string of the molecule is CCOS(=O)OCC.CCOS(=O)OCC. The number of hydrogen-bond donors (Lipinski definition) is 0. The van der Waals surface area contributed by atoms with Crippen molar-refractivity contribution in [3.8, 4) is 0 Å². The molecule has 0 N–H and O–H groups in total. The summed E-state index contributed by atoms with van der Waals surface area (Å²) in [6.45, 7) is 8.74. The van der Waals surface area contributed by atoms with Gasteiger partial charge in [0, 0.05) is 0 Å². The Balaban J connectivity index is 0. The fourth-order valence-corrected chi connectivity index (χ4v) is 1.36. The highest BCUT2D eigenvalue weighted by atomic mass is 32.2. The van der Waals surface area contributed by atoms with E-state index >= 15 is 0 Å². The maximum absolute atomic E-state index is 10.3. The predicted molar refractivity (Wildman–Crippen MR) is 62.8 cm³/mol. The maximum Gasteiger partial charge on any atom is 0.304 e. The lowest BCUT2D eigenvalue weighted by Crippen LogP contribution is -2.00. The third kappa shape index (κ3) is 16.6. The van der Waals surface area contributed by atoms with Gasteiger partial charge in [0.25, 0.3) is 0 Å². The molecule has 8 heteroatoms. The third-order valence-electron chi connectivity index (χ3n) is 0.856. The van der Waals surface area contributed by atoms with E-state index in [1.54, 1.807) is 27.7 Å². The van der Waals surface area contributed by atoms with E-state index in [0.29, 0.717) is 26.4 Å². The van der Waals surface area contributed by atoms with Crippen molar-refractivity contribution in [1.82, 2.24) is 0 Å². The lowest BCUT2D eigenvalue weighted by molar-refractivity contribution is 0.268. The molecule has 0 unspecified atom stereocenters. The minimum Gasteiger partial charge on any atom is -0.269 e. The molecule has 0 heterocycles. The Morgan fingerprint density at radius 3 is 0.938 bits per heavy atom. The minimum absolute atomic E-state index is 0.423. The van der Waals surface area contributed by atoms with Crippen molar-refractivity contribution in [1.29, 1.82) is 0 Å². The molecule has 0 amide bonds. The smallest absolute Gasteiger partial charge is 0.269 e. The monoisotopic (exact) mass is 276 g/mol. The molecular weight excluding hydrogens is 256 g/mol. The van der Waals surface area contributed by atoms with Crippen molar-refractivity contribution in [2.45, 2.75) is 27.7 Å². The molecular formula is C8H20O6S2. The minimum atomic E-state index is -1.52. The van der Waals surface area contributed by atoms with Crippen LogP contribution in [-0.2, 0) is 39.5 Å². The summed E-state index contributed by atoms with van der Waals surface area (Å²) in [5, 5.41) is 0. The van der Waals surface area contributed by atoms with E-state index < -0.39 is 22.7 Å². The Kier molecular flexibility index (Phi) is 17.5. The fraction of sp³-hybridized carbons (Fsp3) is 1.00. The third-order valence-corrected chi connectivity index (χ3v) is 2.57. The fourth-order valence-electron chi connectivity index (χ4n) is 0.453. The van der Waals surface area contributed by atoms with Gasteiger partial charge in [-0.15, -0.1) is 0 Å². The van der Waals surface area contributed by atoms with Gasteiger partial charge in [-0.1, -0.05) is 0 Å². The molecule has 0 aliphatic rings. The van der Waals surface area contributed by atoms with Crippen LogP contribution in [-0.4, -0.2) is 34.8 Å². The van der Waals surface area contributed by atoms with E-state index in [0.717, 1.165) is 0 Å². The van der Waals surface area contributed by atoms with Gasteiger partial charge in [-0.05, 0) is 27.7 Å². The van der Waals surface area contributed by atoms with E-state index in [4.69, 9.17) is 0 Å². The second-order valence-electron chi connectivity index (χ2n) is 2.03. The Morgan fingerprint density at radius 2 is 0.812 bits per heavy atom. The molecule has 0 bridgehead atoms. The predicted octanol–water partition coefficient (Wildman–Crippen LogP) is 1.28. The summed E-state index contributed by atoms with van der Waals surface area (Å²) in [5.74, 6) is 0. The van der Waals surface area contributed by atoms with Crippen molar-refractivity contribution in [3.63, 3.8) is 0 Å². The van der Waals surface area contributed by atoms with Crippen molar-refractivity contribution in [2.24, 2.45) is 0 Å². The van der Waals surface area contributed by atoms with E-state index in [9.17, 15) is 8.42 Å². The summed E-state index contributed by atoms with van der Waals surface area (Å²) in [6.07, 6.45) is 0. The summed E-state index contributed by atoms with van der Waals surface area (Å²) in [6, 6.07) is 0. The Labute approximate surface area is 102 Å². The Hall–Kier alpha value is 0.140. The molecule has 100 valence electrons. The zero-order valence-corrected chi connectivity index (χ0v) is 11.7. The van der Waals surface area contributed by atoms with Gasteiger partial charge in [0.05, 0.1) is 26.4 Å². The van der Waals surface area contributed by atoms with Crippen LogP contribution in [0.5, 0.6) is 0 Å². The molecule has 0 aromatic rings. The van der Waals surface area contributed by atoms with E-state index in [-0.39, 0.29) is 0 Å². The van der Waals surface area contributed by atoms with Gasteiger partial charge in [0.2, 0.25) is 0 Å². The van der Waals surface area contributed by atoms with Crippen LogP contribution in [0, 0.1) is 0 Å². The molecule has 0 spiro atoms.